The SMILES string of the molecule is CC(C)O[I+2]([O-])[O-]. The fourth-order valence-corrected chi connectivity index (χ4v) is 0.976. The summed E-state index contributed by atoms with van der Waals surface area (Å²) in [5.41, 5.74) is 0. The molecule has 0 bridgehead atoms. The van der Waals surface area contributed by atoms with Gasteiger partial charge in [-0.15, -0.1) is 0 Å². The van der Waals surface area contributed by atoms with Crippen LogP contribution in [0.2, 0.25) is 0 Å². The van der Waals surface area contributed by atoms with Gasteiger partial charge in [0.1, 0.15) is 6.10 Å². The highest BCUT2D eigenvalue weighted by Gasteiger charge is 2.13. The van der Waals surface area contributed by atoms with Crippen molar-refractivity contribution in [3.8, 4) is 0 Å². The molecule has 0 aromatic rings. The largest absolute Gasteiger partial charge is 0.506 e. The maximum atomic E-state index is 9.72. The van der Waals surface area contributed by atoms with Crippen molar-refractivity contribution in [1.29, 1.82) is 0 Å². The van der Waals surface area contributed by atoms with Crippen LogP contribution in [0.15, 0.2) is 0 Å². The van der Waals surface area contributed by atoms with Gasteiger partial charge in [0, 0.05) is 0 Å². The lowest BCUT2D eigenvalue weighted by Crippen LogP contribution is -3.99. The summed E-state index contributed by atoms with van der Waals surface area (Å²) < 4.78 is 23.7. The quantitative estimate of drug-likeness (QED) is 0.439. The Balaban J connectivity index is 2.95. The average molecular weight is 218 g/mol. The van der Waals surface area contributed by atoms with Crippen LogP contribution in [0.4, 0.5) is 0 Å². The van der Waals surface area contributed by atoms with Gasteiger partial charge in [0.05, 0.1) is 0 Å². The van der Waals surface area contributed by atoms with E-state index in [1.165, 1.54) is 0 Å². The van der Waals surface area contributed by atoms with E-state index in [9.17, 15) is 6.87 Å². The molecule has 0 aliphatic rings. The van der Waals surface area contributed by atoms with E-state index in [1.807, 2.05) is 0 Å². The number of rotatable bonds is 2. The zero-order chi connectivity index (χ0) is 5.86. The lowest BCUT2D eigenvalue weighted by molar-refractivity contribution is -1.63. The Kier molecular flexibility index (Phi) is 3.91. The molecule has 0 spiro atoms. The number of hydrogen-bond acceptors (Lipinski definition) is 3. The van der Waals surface area contributed by atoms with E-state index < -0.39 is 21.1 Å². The molecule has 0 rings (SSSR count). The van der Waals surface area contributed by atoms with Gasteiger partial charge in [-0.1, -0.05) is 0 Å². The minimum absolute atomic E-state index is 0.180. The topological polar surface area (TPSA) is 55.3 Å². The van der Waals surface area contributed by atoms with Crippen LogP contribution >= 0.6 is 0 Å². The van der Waals surface area contributed by atoms with Crippen LogP contribution in [0.3, 0.4) is 0 Å². The van der Waals surface area contributed by atoms with Crippen LogP contribution in [-0.2, 0) is 3.07 Å². The first-order valence-corrected chi connectivity index (χ1v) is 4.50. The summed E-state index contributed by atoms with van der Waals surface area (Å²) in [5, 5.41) is 0. The minimum Gasteiger partial charge on any atom is -0.396 e. The van der Waals surface area contributed by atoms with E-state index in [0.717, 1.165) is 0 Å². The fourth-order valence-electron chi connectivity index (χ4n) is 0.145. The first-order valence-electron chi connectivity index (χ1n) is 1.85. The van der Waals surface area contributed by atoms with Gasteiger partial charge in [-0.25, -0.2) is 0 Å². The second kappa shape index (κ2) is 3.59. The molecule has 0 aromatic carbocycles. The predicted molar refractivity (Wildman–Crippen MR) is 16.2 cm³/mol. The first kappa shape index (κ1) is 7.61. The van der Waals surface area contributed by atoms with Gasteiger partial charge in [-0.3, -0.25) is 0 Å². The standard InChI is InChI=1S/C3H7IO3/c1-3(2)7-4(5)6/h3H,1-2H3. The average Bonchev–Trinajstić information content (AvgIpc) is 1.27. The Bertz CT molecular complexity index is 39.4. The number of hydrogen-bond donors (Lipinski definition) is 0. The smallest absolute Gasteiger partial charge is 0.396 e. The lowest BCUT2D eigenvalue weighted by atomic mass is 10.5. The van der Waals surface area contributed by atoms with Crippen molar-refractivity contribution >= 4 is 0 Å². The van der Waals surface area contributed by atoms with Gasteiger partial charge in [0.25, 0.3) is 0 Å². The Morgan fingerprint density at radius 1 is 1.43 bits per heavy atom. The van der Waals surface area contributed by atoms with E-state index in [1.54, 1.807) is 13.8 Å². The summed E-state index contributed by atoms with van der Waals surface area (Å²) in [4.78, 5) is 0. The molecule has 44 valence electrons. The molecular weight excluding hydrogens is 211 g/mol. The summed E-state index contributed by atoms with van der Waals surface area (Å²) in [7, 11) is 0. The summed E-state index contributed by atoms with van der Waals surface area (Å²) >= 11 is -3.37. The second-order valence-electron chi connectivity index (χ2n) is 1.33. The molecule has 3 nitrogen and oxygen atoms in total. The van der Waals surface area contributed by atoms with Crippen molar-refractivity contribution < 1.29 is 31.0 Å². The first-order chi connectivity index (χ1) is 3.13. The van der Waals surface area contributed by atoms with E-state index in [0.29, 0.717) is 0 Å². The van der Waals surface area contributed by atoms with Crippen molar-refractivity contribution in [1.82, 2.24) is 0 Å². The van der Waals surface area contributed by atoms with Crippen LogP contribution in [0.25, 0.3) is 0 Å². The Morgan fingerprint density at radius 2 is 1.86 bits per heavy atom. The summed E-state index contributed by atoms with van der Waals surface area (Å²) in [5.74, 6) is 0. The molecule has 0 amide bonds. The molecule has 0 atom stereocenters. The lowest BCUT2D eigenvalue weighted by Gasteiger charge is -1.92. The van der Waals surface area contributed by atoms with Crippen LogP contribution in [0.1, 0.15) is 13.8 Å². The van der Waals surface area contributed by atoms with Crippen molar-refractivity contribution in [2.45, 2.75) is 20.0 Å². The van der Waals surface area contributed by atoms with Gasteiger partial charge >= 0.3 is 21.1 Å². The van der Waals surface area contributed by atoms with Gasteiger partial charge < -0.3 is 6.87 Å². The third-order valence-corrected chi connectivity index (χ3v) is 1.68. The zero-order valence-electron chi connectivity index (χ0n) is 4.18. The normalized spacial score (nSPS) is 11.1. The summed E-state index contributed by atoms with van der Waals surface area (Å²) in [6, 6.07) is 0. The molecule has 0 unspecified atom stereocenters. The molecule has 0 saturated heterocycles. The minimum atomic E-state index is -3.37. The Morgan fingerprint density at radius 3 is 1.86 bits per heavy atom. The highest BCUT2D eigenvalue weighted by Crippen LogP contribution is 1.72. The molecule has 0 aliphatic carbocycles. The van der Waals surface area contributed by atoms with Gasteiger partial charge in [0.2, 0.25) is 0 Å². The molecule has 0 radical (unpaired) electrons. The summed E-state index contributed by atoms with van der Waals surface area (Å²) in [6.07, 6.45) is -0.180. The van der Waals surface area contributed by atoms with E-state index in [-0.39, 0.29) is 6.10 Å². The van der Waals surface area contributed by atoms with Crippen molar-refractivity contribution in [2.24, 2.45) is 0 Å². The van der Waals surface area contributed by atoms with Crippen molar-refractivity contribution in [3.05, 3.63) is 0 Å². The highest BCUT2D eigenvalue weighted by atomic mass is 127. The summed E-state index contributed by atoms with van der Waals surface area (Å²) in [6.45, 7) is 3.36. The van der Waals surface area contributed by atoms with Gasteiger partial charge in [-0.05, 0) is 16.9 Å². The van der Waals surface area contributed by atoms with Gasteiger partial charge in [0.15, 0.2) is 0 Å². The number of halogens is 1. The molecule has 7 heavy (non-hydrogen) atoms. The predicted octanol–water partition coefficient (Wildman–Crippen LogP) is -4.50. The third-order valence-electron chi connectivity index (χ3n) is 0.251. The molecule has 0 heterocycles. The van der Waals surface area contributed by atoms with Crippen molar-refractivity contribution in [2.75, 3.05) is 0 Å². The molecule has 0 aliphatic heterocycles. The zero-order valence-corrected chi connectivity index (χ0v) is 6.34. The molecule has 0 N–H and O–H groups in total. The second-order valence-corrected chi connectivity index (χ2v) is 2.91. The molecule has 4 heteroatoms. The maximum Gasteiger partial charge on any atom is 0.506 e. The van der Waals surface area contributed by atoms with Crippen LogP contribution in [0.5, 0.6) is 0 Å². The van der Waals surface area contributed by atoms with Gasteiger partial charge in [-0.2, -0.15) is 0 Å². The Labute approximate surface area is 51.3 Å². The monoisotopic (exact) mass is 218 g/mol. The maximum absolute atomic E-state index is 9.72. The fraction of sp³-hybridized carbons (Fsp3) is 1.00. The molecule has 0 aromatic heterocycles. The molecule has 0 saturated carbocycles. The van der Waals surface area contributed by atoms with Crippen LogP contribution < -0.4 is 27.9 Å². The van der Waals surface area contributed by atoms with E-state index >= 15 is 0 Å². The van der Waals surface area contributed by atoms with Crippen molar-refractivity contribution in [3.63, 3.8) is 0 Å². The van der Waals surface area contributed by atoms with Crippen LogP contribution in [0, 0.1) is 0 Å². The molecule has 0 fully saturated rings. The third kappa shape index (κ3) is 6.61. The Hall–Kier alpha value is 0.610. The molecular formula is C3H7IO3. The van der Waals surface area contributed by atoms with E-state index in [4.69, 9.17) is 0 Å². The van der Waals surface area contributed by atoms with E-state index in [2.05, 4.69) is 3.07 Å². The highest BCUT2D eigenvalue weighted by molar-refractivity contribution is 4.23. The van der Waals surface area contributed by atoms with Crippen LogP contribution in [-0.4, -0.2) is 6.10 Å².